The quantitative estimate of drug-likeness (QED) is 0.850. The van der Waals surface area contributed by atoms with Crippen molar-refractivity contribution in [2.75, 3.05) is 0 Å². The molecule has 0 aliphatic carbocycles. The number of amidine groups is 1. The SMILES string of the molecule is CC(C)N(C(=O)O)C1=NS(=O)(=O)c2cccc(F)c21. The maximum Gasteiger partial charge on any atom is 0.413 e. The summed E-state index contributed by atoms with van der Waals surface area (Å²) in [7, 11) is -4.05. The Morgan fingerprint density at radius 1 is 1.42 bits per heavy atom. The van der Waals surface area contributed by atoms with E-state index in [2.05, 4.69) is 4.40 Å². The van der Waals surface area contributed by atoms with Crippen LogP contribution in [-0.4, -0.2) is 36.4 Å². The topological polar surface area (TPSA) is 87.0 Å². The lowest BCUT2D eigenvalue weighted by atomic mass is 10.1. The Labute approximate surface area is 109 Å². The summed E-state index contributed by atoms with van der Waals surface area (Å²) in [5.74, 6) is -1.21. The summed E-state index contributed by atoms with van der Waals surface area (Å²) in [6.45, 7) is 3.09. The van der Waals surface area contributed by atoms with Gasteiger partial charge in [-0.3, -0.25) is 4.90 Å². The van der Waals surface area contributed by atoms with E-state index in [0.29, 0.717) is 0 Å². The summed E-state index contributed by atoms with van der Waals surface area (Å²) in [6.07, 6.45) is -1.39. The molecule has 0 saturated heterocycles. The van der Waals surface area contributed by atoms with E-state index in [4.69, 9.17) is 5.11 Å². The number of sulfonamides is 1. The maximum atomic E-state index is 13.8. The number of amides is 1. The minimum absolute atomic E-state index is 0.293. The molecule has 0 aromatic heterocycles. The fourth-order valence-corrected chi connectivity index (χ4v) is 3.07. The van der Waals surface area contributed by atoms with E-state index < -0.39 is 33.8 Å². The molecule has 1 aromatic carbocycles. The molecule has 6 nitrogen and oxygen atoms in total. The molecule has 8 heteroatoms. The third kappa shape index (κ3) is 2.07. The maximum absolute atomic E-state index is 13.8. The van der Waals surface area contributed by atoms with Gasteiger partial charge in [0.2, 0.25) is 0 Å². The highest BCUT2D eigenvalue weighted by atomic mass is 32.2. The van der Waals surface area contributed by atoms with Gasteiger partial charge in [-0.05, 0) is 26.0 Å². The second-order valence-electron chi connectivity index (χ2n) is 4.25. The first-order chi connectivity index (χ1) is 8.75. The van der Waals surface area contributed by atoms with Gasteiger partial charge in [0, 0.05) is 6.04 Å². The molecule has 1 N–H and O–H groups in total. The standard InChI is InChI=1S/C11H11FN2O4S/c1-6(2)14(11(15)16)10-9-7(12)4-3-5-8(9)19(17,18)13-10/h3-6H,1-2H3,(H,15,16). The molecule has 0 unspecified atom stereocenters. The Morgan fingerprint density at radius 2 is 2.05 bits per heavy atom. The van der Waals surface area contributed by atoms with Crippen molar-refractivity contribution in [3.63, 3.8) is 0 Å². The summed E-state index contributed by atoms with van der Waals surface area (Å²) in [4.78, 5) is 11.6. The average Bonchev–Trinajstić information content (AvgIpc) is 2.51. The number of hydrogen-bond acceptors (Lipinski definition) is 3. The molecule has 102 valence electrons. The fourth-order valence-electron chi connectivity index (χ4n) is 1.87. The molecule has 2 rings (SSSR count). The van der Waals surface area contributed by atoms with Crippen LogP contribution in [0.5, 0.6) is 0 Å². The molecule has 0 saturated carbocycles. The molecular weight excluding hydrogens is 275 g/mol. The zero-order valence-corrected chi connectivity index (χ0v) is 11.0. The summed E-state index contributed by atoms with van der Waals surface area (Å²) < 4.78 is 40.8. The van der Waals surface area contributed by atoms with Crippen molar-refractivity contribution < 1.29 is 22.7 Å². The van der Waals surface area contributed by atoms with Crippen LogP contribution in [0.4, 0.5) is 9.18 Å². The van der Waals surface area contributed by atoms with Crippen LogP contribution < -0.4 is 0 Å². The zero-order chi connectivity index (χ0) is 14.4. The molecule has 1 amide bonds. The second-order valence-corrected chi connectivity index (χ2v) is 5.82. The fraction of sp³-hybridized carbons (Fsp3) is 0.273. The van der Waals surface area contributed by atoms with Crippen molar-refractivity contribution in [2.45, 2.75) is 24.8 Å². The average molecular weight is 286 g/mol. The van der Waals surface area contributed by atoms with Crippen LogP contribution in [0.15, 0.2) is 27.5 Å². The Bertz CT molecular complexity index is 682. The van der Waals surface area contributed by atoms with Gasteiger partial charge in [0.15, 0.2) is 5.84 Å². The minimum atomic E-state index is -4.05. The lowest BCUT2D eigenvalue weighted by Gasteiger charge is -2.23. The van der Waals surface area contributed by atoms with E-state index in [1.807, 2.05) is 0 Å². The molecule has 0 radical (unpaired) electrons. The number of carboxylic acid groups (broad SMARTS) is 1. The third-order valence-corrected chi connectivity index (χ3v) is 3.94. The summed E-state index contributed by atoms with van der Waals surface area (Å²) in [6, 6.07) is 2.93. The van der Waals surface area contributed by atoms with Crippen LogP contribution in [-0.2, 0) is 10.0 Å². The lowest BCUT2D eigenvalue weighted by Crippen LogP contribution is -2.41. The van der Waals surface area contributed by atoms with Crippen molar-refractivity contribution in [3.05, 3.63) is 29.6 Å². The summed E-state index contributed by atoms with van der Waals surface area (Å²) >= 11 is 0. The molecule has 19 heavy (non-hydrogen) atoms. The van der Waals surface area contributed by atoms with Gasteiger partial charge in [-0.25, -0.2) is 9.18 Å². The molecule has 1 aliphatic rings. The van der Waals surface area contributed by atoms with E-state index in [-0.39, 0.29) is 10.5 Å². The highest BCUT2D eigenvalue weighted by molar-refractivity contribution is 7.90. The lowest BCUT2D eigenvalue weighted by molar-refractivity contribution is 0.161. The largest absolute Gasteiger partial charge is 0.465 e. The zero-order valence-electron chi connectivity index (χ0n) is 10.2. The number of rotatable bonds is 1. The van der Waals surface area contributed by atoms with Crippen LogP contribution in [0.3, 0.4) is 0 Å². The van der Waals surface area contributed by atoms with Gasteiger partial charge >= 0.3 is 6.09 Å². The van der Waals surface area contributed by atoms with Gasteiger partial charge in [0.1, 0.15) is 10.7 Å². The van der Waals surface area contributed by atoms with Crippen LogP contribution in [0.25, 0.3) is 0 Å². The van der Waals surface area contributed by atoms with E-state index in [9.17, 15) is 17.6 Å². The van der Waals surface area contributed by atoms with Crippen LogP contribution in [0, 0.1) is 5.82 Å². The number of halogens is 1. The number of benzene rings is 1. The van der Waals surface area contributed by atoms with E-state index >= 15 is 0 Å². The molecule has 0 spiro atoms. The first-order valence-electron chi connectivity index (χ1n) is 5.41. The van der Waals surface area contributed by atoms with Crippen molar-refractivity contribution in [3.8, 4) is 0 Å². The van der Waals surface area contributed by atoms with Crippen LogP contribution in [0.2, 0.25) is 0 Å². The molecule has 0 atom stereocenters. The Hall–Kier alpha value is -1.96. The summed E-state index contributed by atoms with van der Waals surface area (Å²) in [5, 5.41) is 9.12. The predicted molar refractivity (Wildman–Crippen MR) is 65.1 cm³/mol. The Balaban J connectivity index is 2.72. The first kappa shape index (κ1) is 13.5. The van der Waals surface area contributed by atoms with Crippen LogP contribution in [0.1, 0.15) is 19.4 Å². The number of nitrogens with zero attached hydrogens (tertiary/aromatic N) is 2. The van der Waals surface area contributed by atoms with Gasteiger partial charge in [-0.15, -0.1) is 4.40 Å². The second kappa shape index (κ2) is 4.30. The highest BCUT2D eigenvalue weighted by Crippen LogP contribution is 2.30. The monoisotopic (exact) mass is 286 g/mol. The Morgan fingerprint density at radius 3 is 2.58 bits per heavy atom. The van der Waals surface area contributed by atoms with Crippen molar-refractivity contribution in [2.24, 2.45) is 4.40 Å². The van der Waals surface area contributed by atoms with Gasteiger partial charge in [0.25, 0.3) is 10.0 Å². The molecular formula is C11H11FN2O4S. The van der Waals surface area contributed by atoms with Gasteiger partial charge in [-0.1, -0.05) is 6.07 Å². The van der Waals surface area contributed by atoms with Crippen LogP contribution >= 0.6 is 0 Å². The summed E-state index contributed by atoms with van der Waals surface area (Å²) in [5.41, 5.74) is -0.293. The van der Waals surface area contributed by atoms with Gasteiger partial charge in [0.05, 0.1) is 5.56 Å². The normalized spacial score (nSPS) is 16.1. The van der Waals surface area contributed by atoms with Gasteiger partial charge in [-0.2, -0.15) is 8.42 Å². The highest BCUT2D eigenvalue weighted by Gasteiger charge is 2.37. The number of hydrogen-bond donors (Lipinski definition) is 1. The van der Waals surface area contributed by atoms with E-state index in [1.54, 1.807) is 13.8 Å². The Kier molecular flexibility index (Phi) is 3.05. The smallest absolute Gasteiger partial charge is 0.413 e. The molecule has 0 bridgehead atoms. The van der Waals surface area contributed by atoms with Crippen molar-refractivity contribution in [1.29, 1.82) is 0 Å². The number of carbonyl (C=O) groups is 1. The van der Waals surface area contributed by atoms with Gasteiger partial charge < -0.3 is 5.11 Å². The first-order valence-corrected chi connectivity index (χ1v) is 6.85. The third-order valence-electron chi connectivity index (χ3n) is 2.63. The predicted octanol–water partition coefficient (Wildman–Crippen LogP) is 1.66. The van der Waals surface area contributed by atoms with Crippen molar-refractivity contribution in [1.82, 2.24) is 4.90 Å². The molecule has 0 fully saturated rings. The molecule has 1 aromatic rings. The molecule has 1 aliphatic heterocycles. The van der Waals surface area contributed by atoms with Crippen molar-refractivity contribution >= 4 is 22.0 Å². The van der Waals surface area contributed by atoms with E-state index in [0.717, 1.165) is 11.0 Å². The molecule has 1 heterocycles. The number of fused-ring (bicyclic) bond motifs is 1. The van der Waals surface area contributed by atoms with E-state index in [1.165, 1.54) is 12.1 Å². The minimum Gasteiger partial charge on any atom is -0.465 e.